The van der Waals surface area contributed by atoms with Gasteiger partial charge in [0.2, 0.25) is 0 Å². The maximum Gasteiger partial charge on any atom is 0.128 e. The summed E-state index contributed by atoms with van der Waals surface area (Å²) in [6.45, 7) is 7.25. The fourth-order valence-electron chi connectivity index (χ4n) is 1.80. The maximum absolute atomic E-state index is 5.52. The summed E-state index contributed by atoms with van der Waals surface area (Å²) in [5, 5.41) is 0. The molecule has 0 aliphatic heterocycles. The first-order valence-electron chi connectivity index (χ1n) is 6.21. The molecule has 16 heavy (non-hydrogen) atoms. The Hall–Kier alpha value is -1.09. The van der Waals surface area contributed by atoms with Gasteiger partial charge < -0.3 is 10.6 Å². The summed E-state index contributed by atoms with van der Waals surface area (Å²) in [7, 11) is 0. The number of nitrogens with two attached hydrogens (primary N) is 1. The van der Waals surface area contributed by atoms with E-state index in [1.807, 2.05) is 6.20 Å². The minimum atomic E-state index is 0.689. The molecule has 1 rings (SSSR count). The normalized spacial score (nSPS) is 10.4. The van der Waals surface area contributed by atoms with Gasteiger partial charge in [-0.1, -0.05) is 19.9 Å². The molecular weight excluding hydrogens is 198 g/mol. The van der Waals surface area contributed by atoms with Crippen molar-refractivity contribution in [1.29, 1.82) is 0 Å². The van der Waals surface area contributed by atoms with E-state index in [9.17, 15) is 0 Å². The van der Waals surface area contributed by atoms with Crippen molar-refractivity contribution in [2.45, 2.75) is 33.1 Å². The number of pyridine rings is 1. The summed E-state index contributed by atoms with van der Waals surface area (Å²) in [6, 6.07) is 4.24. The molecule has 0 amide bonds. The molecule has 1 heterocycles. The summed E-state index contributed by atoms with van der Waals surface area (Å²) in [5.74, 6) is 1.09. The van der Waals surface area contributed by atoms with Gasteiger partial charge in [0, 0.05) is 19.3 Å². The molecule has 2 N–H and O–H groups in total. The maximum atomic E-state index is 5.52. The number of anilines is 1. The predicted octanol–water partition coefficient (Wildman–Crippen LogP) is 2.21. The first-order chi connectivity index (χ1) is 7.81. The molecule has 90 valence electrons. The number of hydrogen-bond acceptors (Lipinski definition) is 3. The van der Waals surface area contributed by atoms with Gasteiger partial charge in [-0.2, -0.15) is 0 Å². The molecular formula is C13H23N3. The summed E-state index contributed by atoms with van der Waals surface area (Å²) in [5.41, 5.74) is 6.74. The predicted molar refractivity (Wildman–Crippen MR) is 69.8 cm³/mol. The van der Waals surface area contributed by atoms with Crippen molar-refractivity contribution in [3.8, 4) is 0 Å². The van der Waals surface area contributed by atoms with Gasteiger partial charge in [0.1, 0.15) is 5.82 Å². The SMILES string of the molecule is CCCN(CCC)c1ccc(CCN)cn1. The van der Waals surface area contributed by atoms with Crippen LogP contribution in [0.3, 0.4) is 0 Å². The topological polar surface area (TPSA) is 42.1 Å². The van der Waals surface area contributed by atoms with E-state index in [1.165, 1.54) is 5.56 Å². The Morgan fingerprint density at radius 1 is 1.19 bits per heavy atom. The molecule has 0 saturated heterocycles. The third-order valence-corrected chi connectivity index (χ3v) is 2.55. The van der Waals surface area contributed by atoms with Crippen molar-refractivity contribution in [3.05, 3.63) is 23.9 Å². The van der Waals surface area contributed by atoms with Crippen LogP contribution in [-0.2, 0) is 6.42 Å². The van der Waals surface area contributed by atoms with Gasteiger partial charge in [-0.15, -0.1) is 0 Å². The van der Waals surface area contributed by atoms with E-state index in [1.54, 1.807) is 0 Å². The van der Waals surface area contributed by atoms with Crippen molar-refractivity contribution in [1.82, 2.24) is 4.98 Å². The van der Waals surface area contributed by atoms with Gasteiger partial charge in [-0.05, 0) is 37.4 Å². The van der Waals surface area contributed by atoms with E-state index in [0.717, 1.165) is 38.2 Å². The molecule has 0 unspecified atom stereocenters. The lowest BCUT2D eigenvalue weighted by atomic mass is 10.2. The average molecular weight is 221 g/mol. The van der Waals surface area contributed by atoms with Crippen LogP contribution in [0.2, 0.25) is 0 Å². The second-order valence-corrected chi connectivity index (χ2v) is 4.05. The Kier molecular flexibility index (Phi) is 5.86. The number of hydrogen-bond donors (Lipinski definition) is 1. The van der Waals surface area contributed by atoms with Crippen LogP contribution < -0.4 is 10.6 Å². The van der Waals surface area contributed by atoms with Crippen LogP contribution in [0.25, 0.3) is 0 Å². The molecule has 0 saturated carbocycles. The van der Waals surface area contributed by atoms with Gasteiger partial charge in [-0.3, -0.25) is 0 Å². The number of aromatic nitrogens is 1. The van der Waals surface area contributed by atoms with Crippen LogP contribution in [0.1, 0.15) is 32.3 Å². The second-order valence-electron chi connectivity index (χ2n) is 4.05. The molecule has 3 nitrogen and oxygen atoms in total. The van der Waals surface area contributed by atoms with E-state index < -0.39 is 0 Å². The lowest BCUT2D eigenvalue weighted by Gasteiger charge is -2.22. The Labute approximate surface area is 98.7 Å². The zero-order chi connectivity index (χ0) is 11.8. The highest BCUT2D eigenvalue weighted by molar-refractivity contribution is 5.39. The molecule has 0 aliphatic carbocycles. The lowest BCUT2D eigenvalue weighted by Crippen LogP contribution is -2.25. The molecule has 0 aliphatic rings. The van der Waals surface area contributed by atoms with Gasteiger partial charge in [0.25, 0.3) is 0 Å². The van der Waals surface area contributed by atoms with E-state index in [2.05, 4.69) is 35.9 Å². The summed E-state index contributed by atoms with van der Waals surface area (Å²) >= 11 is 0. The van der Waals surface area contributed by atoms with E-state index in [0.29, 0.717) is 6.54 Å². The van der Waals surface area contributed by atoms with Crippen LogP contribution in [-0.4, -0.2) is 24.6 Å². The molecule has 0 aromatic carbocycles. The Morgan fingerprint density at radius 3 is 2.31 bits per heavy atom. The highest BCUT2D eigenvalue weighted by atomic mass is 15.2. The zero-order valence-corrected chi connectivity index (χ0v) is 10.4. The van der Waals surface area contributed by atoms with Crippen molar-refractivity contribution >= 4 is 5.82 Å². The van der Waals surface area contributed by atoms with Crippen LogP contribution in [0.4, 0.5) is 5.82 Å². The smallest absolute Gasteiger partial charge is 0.128 e. The van der Waals surface area contributed by atoms with Crippen LogP contribution in [0.15, 0.2) is 18.3 Å². The van der Waals surface area contributed by atoms with Crippen molar-refractivity contribution in [3.63, 3.8) is 0 Å². The fraction of sp³-hybridized carbons (Fsp3) is 0.615. The van der Waals surface area contributed by atoms with Crippen molar-refractivity contribution < 1.29 is 0 Å². The Morgan fingerprint density at radius 2 is 1.88 bits per heavy atom. The largest absolute Gasteiger partial charge is 0.357 e. The minimum absolute atomic E-state index is 0.689. The highest BCUT2D eigenvalue weighted by Crippen LogP contribution is 2.12. The molecule has 1 aromatic rings. The van der Waals surface area contributed by atoms with Gasteiger partial charge in [0.15, 0.2) is 0 Å². The first kappa shape index (κ1) is 13.0. The molecule has 1 aromatic heterocycles. The lowest BCUT2D eigenvalue weighted by molar-refractivity contribution is 0.733. The second kappa shape index (κ2) is 7.23. The molecule has 3 heteroatoms. The van der Waals surface area contributed by atoms with E-state index in [-0.39, 0.29) is 0 Å². The third kappa shape index (κ3) is 3.81. The quantitative estimate of drug-likeness (QED) is 0.767. The first-order valence-corrected chi connectivity index (χ1v) is 6.21. The van der Waals surface area contributed by atoms with Crippen LogP contribution in [0.5, 0.6) is 0 Å². The monoisotopic (exact) mass is 221 g/mol. The van der Waals surface area contributed by atoms with Crippen molar-refractivity contribution in [2.75, 3.05) is 24.5 Å². The fourth-order valence-corrected chi connectivity index (χ4v) is 1.80. The standard InChI is InChI=1S/C13H23N3/c1-3-9-16(10-4-2)13-6-5-12(7-8-14)11-15-13/h5-6,11H,3-4,7-10,14H2,1-2H3. The van der Waals surface area contributed by atoms with Gasteiger partial charge >= 0.3 is 0 Å². The molecule has 0 bridgehead atoms. The average Bonchev–Trinajstić information content (AvgIpc) is 2.30. The zero-order valence-electron chi connectivity index (χ0n) is 10.4. The van der Waals surface area contributed by atoms with Crippen molar-refractivity contribution in [2.24, 2.45) is 5.73 Å². The minimum Gasteiger partial charge on any atom is -0.357 e. The molecule has 0 fully saturated rings. The highest BCUT2D eigenvalue weighted by Gasteiger charge is 2.05. The Bertz CT molecular complexity index is 276. The molecule has 0 atom stereocenters. The van der Waals surface area contributed by atoms with E-state index >= 15 is 0 Å². The summed E-state index contributed by atoms with van der Waals surface area (Å²) < 4.78 is 0. The van der Waals surface area contributed by atoms with Crippen LogP contribution in [0, 0.1) is 0 Å². The van der Waals surface area contributed by atoms with Gasteiger partial charge in [-0.25, -0.2) is 4.98 Å². The summed E-state index contributed by atoms with van der Waals surface area (Å²) in [4.78, 5) is 6.84. The van der Waals surface area contributed by atoms with E-state index in [4.69, 9.17) is 5.73 Å². The third-order valence-electron chi connectivity index (χ3n) is 2.55. The number of rotatable bonds is 7. The summed E-state index contributed by atoms with van der Waals surface area (Å²) in [6.07, 6.45) is 5.17. The number of nitrogens with zero attached hydrogens (tertiary/aromatic N) is 2. The van der Waals surface area contributed by atoms with Crippen LogP contribution >= 0.6 is 0 Å². The molecule has 0 radical (unpaired) electrons. The van der Waals surface area contributed by atoms with Gasteiger partial charge in [0.05, 0.1) is 0 Å². The Balaban J connectivity index is 2.68. The molecule has 0 spiro atoms.